The van der Waals surface area contributed by atoms with Gasteiger partial charge in [-0.2, -0.15) is 0 Å². The zero-order valence-electron chi connectivity index (χ0n) is 11.4. The van der Waals surface area contributed by atoms with E-state index in [9.17, 15) is 0 Å². The van der Waals surface area contributed by atoms with Crippen LogP contribution in [-0.4, -0.2) is 24.7 Å². The average molecular weight is 259 g/mol. The Bertz CT molecular complexity index is 528. The molecule has 1 heterocycles. The number of rotatable bonds is 7. The summed E-state index contributed by atoms with van der Waals surface area (Å²) in [5.74, 6) is 0. The minimum atomic E-state index is 0.673. The van der Waals surface area contributed by atoms with Crippen LogP contribution in [0.25, 0.3) is 10.9 Å². The highest BCUT2D eigenvalue weighted by Crippen LogP contribution is 2.27. The molecule has 0 atom stereocenters. The molecule has 102 valence electrons. The number of aromatic nitrogens is 1. The number of nitrogen functional groups attached to an aromatic ring is 1. The second-order valence-electron chi connectivity index (χ2n) is 4.50. The molecule has 2 aromatic rings. The monoisotopic (exact) mass is 259 g/mol. The Balaban J connectivity index is 1.98. The number of nitrogens with one attached hydrogen (secondary N) is 1. The first-order valence-electron chi connectivity index (χ1n) is 6.77. The van der Waals surface area contributed by atoms with Crippen molar-refractivity contribution in [1.29, 1.82) is 0 Å². The van der Waals surface area contributed by atoms with E-state index >= 15 is 0 Å². The molecule has 0 unspecified atom stereocenters. The topological polar surface area (TPSA) is 60.2 Å². The molecule has 0 saturated heterocycles. The van der Waals surface area contributed by atoms with Gasteiger partial charge in [0.05, 0.1) is 29.7 Å². The van der Waals surface area contributed by atoms with Crippen molar-refractivity contribution in [3.05, 3.63) is 30.5 Å². The van der Waals surface area contributed by atoms with E-state index in [2.05, 4.69) is 17.2 Å². The highest BCUT2D eigenvalue weighted by atomic mass is 16.5. The lowest BCUT2D eigenvalue weighted by Crippen LogP contribution is -2.11. The summed E-state index contributed by atoms with van der Waals surface area (Å²) < 4.78 is 5.53. The van der Waals surface area contributed by atoms with Crippen LogP contribution >= 0.6 is 0 Å². The molecule has 0 radical (unpaired) electrons. The molecule has 0 fully saturated rings. The van der Waals surface area contributed by atoms with Crippen LogP contribution in [0.1, 0.15) is 19.8 Å². The third-order valence-corrected chi connectivity index (χ3v) is 3.00. The number of nitrogens with two attached hydrogens (primary N) is 1. The predicted octanol–water partition coefficient (Wildman–Crippen LogP) is 3.05. The van der Waals surface area contributed by atoms with Crippen LogP contribution < -0.4 is 11.1 Å². The summed E-state index contributed by atoms with van der Waals surface area (Å²) in [6.07, 6.45) is 3.97. The zero-order chi connectivity index (χ0) is 13.5. The second kappa shape index (κ2) is 6.95. The van der Waals surface area contributed by atoms with Crippen molar-refractivity contribution in [1.82, 2.24) is 4.98 Å². The molecule has 0 bridgehead atoms. The van der Waals surface area contributed by atoms with Crippen LogP contribution in [-0.2, 0) is 4.74 Å². The van der Waals surface area contributed by atoms with Gasteiger partial charge in [-0.25, -0.2) is 0 Å². The molecule has 4 nitrogen and oxygen atoms in total. The first-order chi connectivity index (χ1) is 9.33. The van der Waals surface area contributed by atoms with Gasteiger partial charge in [-0.1, -0.05) is 31.5 Å². The van der Waals surface area contributed by atoms with Crippen LogP contribution in [0.4, 0.5) is 11.4 Å². The maximum atomic E-state index is 5.98. The molecule has 0 aliphatic heterocycles. The third kappa shape index (κ3) is 3.58. The average Bonchev–Trinajstić information content (AvgIpc) is 2.44. The lowest BCUT2D eigenvalue weighted by molar-refractivity contribution is 0.141. The SMILES string of the molecule is CCCCOCCNc1c(N)cnc2ccccc12. The maximum absolute atomic E-state index is 5.98. The van der Waals surface area contributed by atoms with Crippen LogP contribution in [0.15, 0.2) is 30.5 Å². The number of pyridine rings is 1. The predicted molar refractivity (Wildman–Crippen MR) is 80.4 cm³/mol. The van der Waals surface area contributed by atoms with Crippen molar-refractivity contribution in [2.75, 3.05) is 30.8 Å². The Morgan fingerprint density at radius 2 is 2.11 bits per heavy atom. The summed E-state index contributed by atoms with van der Waals surface area (Å²) in [7, 11) is 0. The minimum absolute atomic E-state index is 0.673. The van der Waals surface area contributed by atoms with E-state index in [1.165, 1.54) is 0 Å². The molecule has 3 N–H and O–H groups in total. The number of hydrogen-bond donors (Lipinski definition) is 2. The molecule has 0 saturated carbocycles. The quantitative estimate of drug-likeness (QED) is 0.750. The van der Waals surface area contributed by atoms with Gasteiger partial charge in [0.15, 0.2) is 0 Å². The molecule has 19 heavy (non-hydrogen) atoms. The van der Waals surface area contributed by atoms with Gasteiger partial charge in [-0.3, -0.25) is 4.98 Å². The van der Waals surface area contributed by atoms with Crippen LogP contribution in [0.3, 0.4) is 0 Å². The van der Waals surface area contributed by atoms with Gasteiger partial charge in [-0.05, 0) is 12.5 Å². The van der Waals surface area contributed by atoms with E-state index < -0.39 is 0 Å². The normalized spacial score (nSPS) is 10.8. The molecule has 4 heteroatoms. The summed E-state index contributed by atoms with van der Waals surface area (Å²) in [6, 6.07) is 7.98. The fourth-order valence-electron chi connectivity index (χ4n) is 1.95. The van der Waals surface area contributed by atoms with Gasteiger partial charge < -0.3 is 15.8 Å². The second-order valence-corrected chi connectivity index (χ2v) is 4.50. The maximum Gasteiger partial charge on any atom is 0.0743 e. The lowest BCUT2D eigenvalue weighted by atomic mass is 10.1. The summed E-state index contributed by atoms with van der Waals surface area (Å²) in [5.41, 5.74) is 8.56. The van der Waals surface area contributed by atoms with E-state index in [4.69, 9.17) is 10.5 Å². The molecular weight excluding hydrogens is 238 g/mol. The van der Waals surface area contributed by atoms with E-state index in [0.717, 1.165) is 42.6 Å². The van der Waals surface area contributed by atoms with Crippen molar-refractivity contribution in [2.45, 2.75) is 19.8 Å². The van der Waals surface area contributed by atoms with Crippen molar-refractivity contribution in [3.63, 3.8) is 0 Å². The highest BCUT2D eigenvalue weighted by Gasteiger charge is 2.05. The smallest absolute Gasteiger partial charge is 0.0743 e. The summed E-state index contributed by atoms with van der Waals surface area (Å²) in [6.45, 7) is 4.42. The van der Waals surface area contributed by atoms with Crippen molar-refractivity contribution >= 4 is 22.3 Å². The molecule has 0 aliphatic carbocycles. The van der Waals surface area contributed by atoms with E-state index in [1.54, 1.807) is 6.20 Å². The highest BCUT2D eigenvalue weighted by molar-refractivity contribution is 5.96. The molecular formula is C15H21N3O. The van der Waals surface area contributed by atoms with Gasteiger partial charge in [0.1, 0.15) is 0 Å². The van der Waals surface area contributed by atoms with Gasteiger partial charge in [0, 0.05) is 18.5 Å². The number of para-hydroxylation sites is 1. The Morgan fingerprint density at radius 1 is 1.26 bits per heavy atom. The molecule has 2 rings (SSSR count). The minimum Gasteiger partial charge on any atom is -0.396 e. The number of unbranched alkanes of at least 4 members (excludes halogenated alkanes) is 1. The number of ether oxygens (including phenoxy) is 1. The third-order valence-electron chi connectivity index (χ3n) is 3.00. The Hall–Kier alpha value is -1.81. The molecule has 1 aromatic heterocycles. The zero-order valence-corrected chi connectivity index (χ0v) is 11.4. The first kappa shape index (κ1) is 13.6. The number of fused-ring (bicyclic) bond motifs is 1. The number of anilines is 2. The van der Waals surface area contributed by atoms with Crippen LogP contribution in [0.2, 0.25) is 0 Å². The van der Waals surface area contributed by atoms with Crippen LogP contribution in [0, 0.1) is 0 Å². The number of nitrogens with zero attached hydrogens (tertiary/aromatic N) is 1. The van der Waals surface area contributed by atoms with Gasteiger partial charge in [0.2, 0.25) is 0 Å². The Kier molecular flexibility index (Phi) is 4.98. The molecule has 0 aliphatic rings. The van der Waals surface area contributed by atoms with E-state index in [-0.39, 0.29) is 0 Å². The van der Waals surface area contributed by atoms with Gasteiger partial charge in [0.25, 0.3) is 0 Å². The summed E-state index contributed by atoms with van der Waals surface area (Å²) in [4.78, 5) is 4.31. The van der Waals surface area contributed by atoms with Gasteiger partial charge >= 0.3 is 0 Å². The molecule has 0 amide bonds. The largest absolute Gasteiger partial charge is 0.396 e. The Labute approximate surface area is 114 Å². The fraction of sp³-hybridized carbons (Fsp3) is 0.400. The Morgan fingerprint density at radius 3 is 2.95 bits per heavy atom. The first-order valence-corrected chi connectivity index (χ1v) is 6.77. The summed E-state index contributed by atoms with van der Waals surface area (Å²) >= 11 is 0. The van der Waals surface area contributed by atoms with Gasteiger partial charge in [-0.15, -0.1) is 0 Å². The number of benzene rings is 1. The van der Waals surface area contributed by atoms with Crippen molar-refractivity contribution < 1.29 is 4.74 Å². The van der Waals surface area contributed by atoms with Crippen LogP contribution in [0.5, 0.6) is 0 Å². The van der Waals surface area contributed by atoms with E-state index in [1.807, 2.05) is 24.3 Å². The fourth-order valence-corrected chi connectivity index (χ4v) is 1.95. The molecule has 0 spiro atoms. The van der Waals surface area contributed by atoms with Crippen molar-refractivity contribution in [3.8, 4) is 0 Å². The van der Waals surface area contributed by atoms with Crippen molar-refractivity contribution in [2.24, 2.45) is 0 Å². The summed E-state index contributed by atoms with van der Waals surface area (Å²) in [5, 5.41) is 4.39. The lowest BCUT2D eigenvalue weighted by Gasteiger charge is -2.12. The molecule has 1 aromatic carbocycles. The number of hydrogen-bond acceptors (Lipinski definition) is 4. The standard InChI is InChI=1S/C15H21N3O/c1-2-3-9-19-10-8-17-15-12-6-4-5-7-14(12)18-11-13(15)16/h4-7,11H,2-3,8-10,16H2,1H3,(H,17,18). The van der Waals surface area contributed by atoms with E-state index in [0.29, 0.717) is 12.3 Å².